The van der Waals surface area contributed by atoms with Crippen LogP contribution in [0.1, 0.15) is 25.8 Å². The van der Waals surface area contributed by atoms with Crippen LogP contribution >= 0.6 is 11.6 Å². The number of nitrogen functional groups attached to an aromatic ring is 1. The van der Waals surface area contributed by atoms with Crippen LogP contribution in [0.5, 0.6) is 0 Å². The van der Waals surface area contributed by atoms with Crippen LogP contribution in [-0.2, 0) is 0 Å². The number of rotatable bonds is 4. The van der Waals surface area contributed by atoms with Gasteiger partial charge in [-0.05, 0) is 31.5 Å². The highest BCUT2D eigenvalue weighted by Crippen LogP contribution is 2.25. The molecule has 1 unspecified atom stereocenters. The Hall–Kier alpha value is -1.26. The first-order valence-electron chi connectivity index (χ1n) is 7.16. The average molecular weight is 295 g/mol. The fraction of sp³-hybridized carbons (Fsp3) is 0.533. The summed E-state index contributed by atoms with van der Waals surface area (Å²) >= 11 is 6.00. The third kappa shape index (κ3) is 3.25. The zero-order chi connectivity index (χ0) is 14.7. The lowest BCUT2D eigenvalue weighted by Gasteiger charge is -2.39. The quantitative estimate of drug-likeness (QED) is 0.663. The van der Waals surface area contributed by atoms with E-state index in [0.29, 0.717) is 11.1 Å². The molecule has 1 atom stereocenters. The maximum Gasteiger partial charge on any atom is 0.124 e. The molecule has 1 aliphatic heterocycles. The number of nitrogens with two attached hydrogens (primary N) is 1. The molecule has 0 spiro atoms. The van der Waals surface area contributed by atoms with E-state index in [4.69, 9.17) is 22.7 Å². The summed E-state index contributed by atoms with van der Waals surface area (Å²) in [5.41, 5.74) is 7.42. The van der Waals surface area contributed by atoms with Crippen molar-refractivity contribution in [3.05, 3.63) is 28.8 Å². The van der Waals surface area contributed by atoms with Gasteiger partial charge in [0.15, 0.2) is 0 Å². The molecule has 110 valence electrons. The minimum atomic E-state index is 0.0758. The van der Waals surface area contributed by atoms with Crippen molar-refractivity contribution < 1.29 is 0 Å². The second-order valence-electron chi connectivity index (χ2n) is 5.36. The maximum atomic E-state index is 7.71. The maximum absolute atomic E-state index is 7.71. The van der Waals surface area contributed by atoms with Crippen molar-refractivity contribution in [3.63, 3.8) is 0 Å². The predicted molar refractivity (Wildman–Crippen MR) is 86.0 cm³/mol. The smallest absolute Gasteiger partial charge is 0.124 e. The van der Waals surface area contributed by atoms with Crippen LogP contribution in [0.15, 0.2) is 18.2 Å². The van der Waals surface area contributed by atoms with Gasteiger partial charge in [-0.25, -0.2) is 0 Å². The first-order valence-corrected chi connectivity index (χ1v) is 7.53. The molecule has 1 aromatic rings. The Kier molecular flexibility index (Phi) is 4.89. The molecule has 4 nitrogen and oxygen atoms in total. The van der Waals surface area contributed by atoms with Gasteiger partial charge in [0.1, 0.15) is 5.84 Å². The molecule has 2 rings (SSSR count). The van der Waals surface area contributed by atoms with Crippen molar-refractivity contribution >= 4 is 23.1 Å². The van der Waals surface area contributed by atoms with Crippen LogP contribution in [0.3, 0.4) is 0 Å². The van der Waals surface area contributed by atoms with E-state index in [-0.39, 0.29) is 5.84 Å². The Morgan fingerprint density at radius 3 is 2.55 bits per heavy atom. The standard InChI is InChI=1S/C15H23ClN4/c1-3-11(2)19-6-8-20(9-7-19)14-5-4-12(16)10-13(14)15(17)18/h4-5,10-11H,3,6-9H2,1-2H3,(H3,17,18). The lowest BCUT2D eigenvalue weighted by atomic mass is 10.1. The normalized spacial score (nSPS) is 18.1. The molecule has 1 heterocycles. The molecule has 0 aliphatic carbocycles. The van der Waals surface area contributed by atoms with Crippen molar-refractivity contribution in [2.24, 2.45) is 5.73 Å². The molecular weight excluding hydrogens is 272 g/mol. The fourth-order valence-corrected chi connectivity index (χ4v) is 2.83. The minimum absolute atomic E-state index is 0.0758. The molecule has 1 aromatic carbocycles. The van der Waals surface area contributed by atoms with E-state index in [2.05, 4.69) is 23.6 Å². The van der Waals surface area contributed by atoms with Gasteiger partial charge in [0.25, 0.3) is 0 Å². The molecule has 0 radical (unpaired) electrons. The van der Waals surface area contributed by atoms with E-state index < -0.39 is 0 Å². The number of halogens is 1. The summed E-state index contributed by atoms with van der Waals surface area (Å²) < 4.78 is 0. The Morgan fingerprint density at radius 2 is 2.00 bits per heavy atom. The highest BCUT2D eigenvalue weighted by atomic mass is 35.5. The van der Waals surface area contributed by atoms with Crippen molar-refractivity contribution in [2.45, 2.75) is 26.3 Å². The van der Waals surface area contributed by atoms with E-state index in [1.165, 1.54) is 6.42 Å². The van der Waals surface area contributed by atoms with Gasteiger partial charge >= 0.3 is 0 Å². The summed E-state index contributed by atoms with van der Waals surface area (Å²) in [5.74, 6) is 0.0758. The van der Waals surface area contributed by atoms with Gasteiger partial charge in [0, 0.05) is 48.5 Å². The zero-order valence-corrected chi connectivity index (χ0v) is 13.0. The third-order valence-corrected chi connectivity index (χ3v) is 4.35. The van der Waals surface area contributed by atoms with Crippen LogP contribution in [0.25, 0.3) is 0 Å². The Labute approximate surface area is 126 Å². The SMILES string of the molecule is CCC(C)N1CCN(c2ccc(Cl)cc2C(=N)N)CC1. The van der Waals surface area contributed by atoms with Crippen LogP contribution < -0.4 is 10.6 Å². The molecular formula is C15H23ClN4. The first-order chi connectivity index (χ1) is 9.52. The van der Waals surface area contributed by atoms with E-state index >= 15 is 0 Å². The Balaban J connectivity index is 2.13. The second-order valence-corrected chi connectivity index (χ2v) is 5.79. The molecule has 0 amide bonds. The van der Waals surface area contributed by atoms with Crippen LogP contribution in [-0.4, -0.2) is 43.0 Å². The van der Waals surface area contributed by atoms with Crippen molar-refractivity contribution in [1.29, 1.82) is 5.41 Å². The Morgan fingerprint density at radius 1 is 1.35 bits per heavy atom. The van der Waals surface area contributed by atoms with Gasteiger partial charge in [0.2, 0.25) is 0 Å². The molecule has 5 heteroatoms. The number of benzene rings is 1. The molecule has 1 saturated heterocycles. The van der Waals surface area contributed by atoms with Crippen LogP contribution in [0.4, 0.5) is 5.69 Å². The molecule has 0 aromatic heterocycles. The summed E-state index contributed by atoms with van der Waals surface area (Å²) in [6.07, 6.45) is 1.18. The number of amidine groups is 1. The third-order valence-electron chi connectivity index (χ3n) is 4.12. The topological polar surface area (TPSA) is 56.4 Å². The highest BCUT2D eigenvalue weighted by Gasteiger charge is 2.22. The van der Waals surface area contributed by atoms with Crippen molar-refractivity contribution in [2.75, 3.05) is 31.1 Å². The van der Waals surface area contributed by atoms with Gasteiger partial charge < -0.3 is 10.6 Å². The molecule has 0 saturated carbocycles. The molecule has 3 N–H and O–H groups in total. The average Bonchev–Trinajstić information content (AvgIpc) is 2.46. The number of anilines is 1. The van der Waals surface area contributed by atoms with E-state index in [9.17, 15) is 0 Å². The second kappa shape index (κ2) is 6.46. The molecule has 1 aliphatic rings. The number of piperazine rings is 1. The number of nitrogens with one attached hydrogen (secondary N) is 1. The van der Waals surface area contributed by atoms with Gasteiger partial charge in [0.05, 0.1) is 0 Å². The summed E-state index contributed by atoms with van der Waals surface area (Å²) in [4.78, 5) is 4.81. The molecule has 1 fully saturated rings. The van der Waals surface area contributed by atoms with Crippen LogP contribution in [0.2, 0.25) is 5.02 Å². The van der Waals surface area contributed by atoms with Gasteiger partial charge in [-0.1, -0.05) is 18.5 Å². The number of hydrogen-bond donors (Lipinski definition) is 2. The van der Waals surface area contributed by atoms with E-state index in [1.807, 2.05) is 12.1 Å². The summed E-state index contributed by atoms with van der Waals surface area (Å²) in [7, 11) is 0. The Bertz CT molecular complexity index is 481. The first kappa shape index (κ1) is 15.1. The number of nitrogens with zero attached hydrogens (tertiary/aromatic N) is 2. The fourth-order valence-electron chi connectivity index (χ4n) is 2.66. The lowest BCUT2D eigenvalue weighted by Crippen LogP contribution is -2.49. The van der Waals surface area contributed by atoms with Gasteiger partial charge in [-0.15, -0.1) is 0 Å². The van der Waals surface area contributed by atoms with E-state index in [0.717, 1.165) is 37.4 Å². The summed E-state index contributed by atoms with van der Waals surface area (Å²) in [6, 6.07) is 6.25. The minimum Gasteiger partial charge on any atom is -0.384 e. The molecule has 0 bridgehead atoms. The monoisotopic (exact) mass is 294 g/mol. The van der Waals surface area contributed by atoms with Gasteiger partial charge in [-0.3, -0.25) is 10.3 Å². The van der Waals surface area contributed by atoms with E-state index in [1.54, 1.807) is 6.07 Å². The lowest BCUT2D eigenvalue weighted by molar-refractivity contribution is 0.193. The van der Waals surface area contributed by atoms with Gasteiger partial charge in [-0.2, -0.15) is 0 Å². The zero-order valence-electron chi connectivity index (χ0n) is 12.2. The van der Waals surface area contributed by atoms with Crippen LogP contribution in [0, 0.1) is 5.41 Å². The highest BCUT2D eigenvalue weighted by molar-refractivity contribution is 6.31. The number of hydrogen-bond acceptors (Lipinski definition) is 3. The molecule has 20 heavy (non-hydrogen) atoms. The summed E-state index contributed by atoms with van der Waals surface area (Å²) in [5, 5.41) is 8.33. The predicted octanol–water partition coefficient (Wildman–Crippen LogP) is 2.54. The van der Waals surface area contributed by atoms with Crippen molar-refractivity contribution in [1.82, 2.24) is 4.90 Å². The summed E-state index contributed by atoms with van der Waals surface area (Å²) in [6.45, 7) is 8.53. The largest absolute Gasteiger partial charge is 0.384 e. The van der Waals surface area contributed by atoms with Crippen molar-refractivity contribution in [3.8, 4) is 0 Å².